The summed E-state index contributed by atoms with van der Waals surface area (Å²) < 4.78 is 13.7. The number of benzene rings is 3. The molecule has 0 aliphatic heterocycles. The van der Waals surface area contributed by atoms with Crippen LogP contribution in [-0.4, -0.2) is 18.1 Å². The molecule has 5 saturated carbocycles. The zero-order valence-electron chi connectivity index (χ0n) is 38.2. The van der Waals surface area contributed by atoms with Crippen molar-refractivity contribution >= 4 is 23.0 Å². The summed E-state index contributed by atoms with van der Waals surface area (Å²) in [6.45, 7) is 9.98. The van der Waals surface area contributed by atoms with Gasteiger partial charge in [0, 0.05) is 29.4 Å². The van der Waals surface area contributed by atoms with Gasteiger partial charge in [0.05, 0.1) is 6.10 Å². The number of carbonyl (C=O) groups is 1. The number of unbranched alkanes of at least 4 members (excludes halogenated alkanes) is 4. The lowest BCUT2D eigenvalue weighted by Crippen LogP contribution is -2.59. The first-order valence-electron chi connectivity index (χ1n) is 25.0. The second-order valence-electron chi connectivity index (χ2n) is 21.4. The summed E-state index contributed by atoms with van der Waals surface area (Å²) >= 11 is 0. The van der Waals surface area contributed by atoms with Crippen LogP contribution < -0.4 is 26.3 Å². The van der Waals surface area contributed by atoms with E-state index < -0.39 is 0 Å². The van der Waals surface area contributed by atoms with Crippen molar-refractivity contribution in [3.63, 3.8) is 0 Å². The number of ether oxygens (including phenoxy) is 2. The number of amides is 1. The molecule has 3 aromatic carbocycles. The van der Waals surface area contributed by atoms with Crippen molar-refractivity contribution in [1.82, 2.24) is 0 Å². The van der Waals surface area contributed by atoms with E-state index in [2.05, 4.69) is 69.4 Å². The van der Waals surface area contributed by atoms with Crippen LogP contribution in [0.5, 0.6) is 11.5 Å². The molecular formula is C55H79N3O3. The molecule has 5 N–H and O–H groups in total. The van der Waals surface area contributed by atoms with Crippen molar-refractivity contribution in [3.05, 3.63) is 78.4 Å². The van der Waals surface area contributed by atoms with Crippen LogP contribution in [0.3, 0.4) is 0 Å². The number of nitrogens with two attached hydrogens (primary N) is 2. The molecule has 3 unspecified atom stereocenters. The van der Waals surface area contributed by atoms with Crippen molar-refractivity contribution in [2.24, 2.45) is 52.3 Å². The minimum Gasteiger partial charge on any atom is -0.490 e. The molecule has 6 heteroatoms. The lowest BCUT2D eigenvalue weighted by Gasteiger charge is -2.63. The van der Waals surface area contributed by atoms with Gasteiger partial charge < -0.3 is 26.3 Å². The van der Waals surface area contributed by atoms with Gasteiger partial charge in [-0.3, -0.25) is 4.79 Å². The normalized spacial score (nSPS) is 33.7. The Labute approximate surface area is 369 Å². The summed E-state index contributed by atoms with van der Waals surface area (Å²) in [5.74, 6) is 7.20. The molecule has 0 heterocycles. The topological polar surface area (TPSA) is 99.6 Å². The Bertz CT molecular complexity index is 1850. The molecule has 10 atom stereocenters. The standard InChI is InChI=1S/C55H79N3O3/c1-5-6-7-8-9-10-38-12-14-39(15-13-38)40-16-22-43(23-17-40)58-53(59)30-11-37(2)48-28-29-49-47-36-52(61-45-26-20-42(57)21-27-45)51-35-46(60-44-24-18-41(56)19-25-44)31-33-55(51,4)50(47)32-34-54(48,49)3/h16-27,37-39,46-52H,5-15,28-36,56-57H2,1-4H3,(H,58,59)/t37-,38?,39?,46?,47+,48-,49+,50+,51?,52?,54-,55-/m1/s1. The van der Waals surface area contributed by atoms with Crippen molar-refractivity contribution in [2.45, 2.75) is 174 Å². The second-order valence-corrected chi connectivity index (χ2v) is 21.4. The molecule has 332 valence electrons. The number of hydrogen-bond donors (Lipinski definition) is 3. The Hall–Kier alpha value is -3.67. The molecule has 61 heavy (non-hydrogen) atoms. The highest BCUT2D eigenvalue weighted by Gasteiger charge is 2.63. The summed E-state index contributed by atoms with van der Waals surface area (Å²) in [4.78, 5) is 13.4. The molecule has 0 saturated heterocycles. The van der Waals surface area contributed by atoms with Gasteiger partial charge in [0.2, 0.25) is 5.91 Å². The summed E-state index contributed by atoms with van der Waals surface area (Å²) in [6, 6.07) is 24.8. The van der Waals surface area contributed by atoms with E-state index in [-0.39, 0.29) is 23.5 Å². The molecule has 0 aromatic heterocycles. The first kappa shape index (κ1) is 44.0. The van der Waals surface area contributed by atoms with E-state index in [1.807, 2.05) is 36.4 Å². The van der Waals surface area contributed by atoms with E-state index in [0.717, 1.165) is 60.2 Å². The van der Waals surface area contributed by atoms with Crippen LogP contribution in [0, 0.1) is 52.3 Å². The third-order valence-electron chi connectivity index (χ3n) is 17.8. The summed E-state index contributed by atoms with van der Waals surface area (Å²) in [6.07, 6.45) is 25.1. The van der Waals surface area contributed by atoms with Crippen LogP contribution in [0.25, 0.3) is 0 Å². The number of nitrogen functional groups attached to an aromatic ring is 2. The minimum absolute atomic E-state index is 0.134. The molecule has 6 nitrogen and oxygen atoms in total. The van der Waals surface area contributed by atoms with Gasteiger partial charge in [-0.1, -0.05) is 78.4 Å². The van der Waals surface area contributed by atoms with Gasteiger partial charge in [-0.15, -0.1) is 0 Å². The van der Waals surface area contributed by atoms with Gasteiger partial charge in [-0.25, -0.2) is 0 Å². The SMILES string of the molecule is CCCCCCCC1CCC(c2ccc(NC(=O)CC[C@@H](C)[C@H]3CC[C@H]4[C@@H]5CC(Oc6ccc(N)cc6)C6CC(Oc7ccc(N)cc7)CC[C@]6(C)[C@H]5CC[C@]34C)cc2)CC1. The maximum Gasteiger partial charge on any atom is 0.224 e. The molecule has 8 rings (SSSR count). The van der Waals surface area contributed by atoms with Crippen LogP contribution >= 0.6 is 0 Å². The van der Waals surface area contributed by atoms with Crippen molar-refractivity contribution in [2.75, 3.05) is 16.8 Å². The van der Waals surface area contributed by atoms with E-state index >= 15 is 0 Å². The predicted molar refractivity (Wildman–Crippen MR) is 253 cm³/mol. The molecule has 5 fully saturated rings. The summed E-state index contributed by atoms with van der Waals surface area (Å²) in [5.41, 5.74) is 16.5. The highest BCUT2D eigenvalue weighted by Crippen LogP contribution is 2.69. The minimum atomic E-state index is 0.134. The van der Waals surface area contributed by atoms with Crippen LogP contribution in [0.15, 0.2) is 72.8 Å². The Morgan fingerprint density at radius 2 is 1.34 bits per heavy atom. The number of fused-ring (bicyclic) bond motifs is 5. The van der Waals surface area contributed by atoms with E-state index in [1.54, 1.807) is 0 Å². The number of anilines is 3. The fourth-order valence-electron chi connectivity index (χ4n) is 14.3. The third-order valence-corrected chi connectivity index (χ3v) is 17.8. The maximum atomic E-state index is 13.4. The van der Waals surface area contributed by atoms with Gasteiger partial charge >= 0.3 is 0 Å². The fraction of sp³-hybridized carbons (Fsp3) is 0.655. The van der Waals surface area contributed by atoms with Crippen LogP contribution in [0.4, 0.5) is 17.1 Å². The summed E-state index contributed by atoms with van der Waals surface area (Å²) in [5, 5.41) is 3.27. The number of carbonyl (C=O) groups excluding carboxylic acids is 1. The number of nitrogens with one attached hydrogen (secondary N) is 1. The third kappa shape index (κ3) is 9.94. The van der Waals surface area contributed by atoms with Gasteiger partial charge in [0.1, 0.15) is 17.6 Å². The van der Waals surface area contributed by atoms with Gasteiger partial charge in [0.15, 0.2) is 0 Å². The number of rotatable bonds is 16. The average Bonchev–Trinajstić information content (AvgIpc) is 3.63. The Balaban J connectivity index is 0.860. The Morgan fingerprint density at radius 1 is 0.705 bits per heavy atom. The highest BCUT2D eigenvalue weighted by atomic mass is 16.5. The zero-order chi connectivity index (χ0) is 42.6. The Kier molecular flexibility index (Phi) is 14.0. The van der Waals surface area contributed by atoms with E-state index in [0.29, 0.717) is 53.3 Å². The second kappa shape index (κ2) is 19.4. The quantitative estimate of drug-likeness (QED) is 0.0986. The molecule has 1 amide bonds. The molecule has 0 bridgehead atoms. The van der Waals surface area contributed by atoms with E-state index in [9.17, 15) is 4.79 Å². The lowest BCUT2D eigenvalue weighted by atomic mass is 9.43. The fourth-order valence-corrected chi connectivity index (χ4v) is 14.3. The largest absolute Gasteiger partial charge is 0.490 e. The van der Waals surface area contributed by atoms with Crippen molar-refractivity contribution < 1.29 is 14.3 Å². The molecule has 5 aliphatic carbocycles. The zero-order valence-corrected chi connectivity index (χ0v) is 38.2. The molecule has 0 spiro atoms. The van der Waals surface area contributed by atoms with Gasteiger partial charge in [-0.05, 0) is 202 Å². The summed E-state index contributed by atoms with van der Waals surface area (Å²) in [7, 11) is 0. The molecule has 3 aromatic rings. The van der Waals surface area contributed by atoms with Crippen molar-refractivity contribution in [3.8, 4) is 11.5 Å². The molecule has 0 radical (unpaired) electrons. The van der Waals surface area contributed by atoms with Gasteiger partial charge in [0.25, 0.3) is 0 Å². The van der Waals surface area contributed by atoms with Gasteiger partial charge in [-0.2, -0.15) is 0 Å². The highest BCUT2D eigenvalue weighted by molar-refractivity contribution is 5.90. The molecule has 5 aliphatic rings. The van der Waals surface area contributed by atoms with Crippen LogP contribution in [0.1, 0.15) is 168 Å². The first-order valence-corrected chi connectivity index (χ1v) is 25.0. The number of hydrogen-bond acceptors (Lipinski definition) is 5. The predicted octanol–water partition coefficient (Wildman–Crippen LogP) is 14.0. The smallest absolute Gasteiger partial charge is 0.224 e. The van der Waals surface area contributed by atoms with Crippen LogP contribution in [-0.2, 0) is 4.79 Å². The van der Waals surface area contributed by atoms with E-state index in [4.69, 9.17) is 20.9 Å². The monoisotopic (exact) mass is 830 g/mol. The van der Waals surface area contributed by atoms with Crippen molar-refractivity contribution in [1.29, 1.82) is 0 Å². The lowest BCUT2D eigenvalue weighted by molar-refractivity contribution is -0.164. The maximum absolute atomic E-state index is 13.4. The van der Waals surface area contributed by atoms with Crippen LogP contribution in [0.2, 0.25) is 0 Å². The average molecular weight is 830 g/mol. The first-order chi connectivity index (χ1) is 29.5. The Morgan fingerprint density at radius 3 is 2.03 bits per heavy atom. The van der Waals surface area contributed by atoms with E-state index in [1.165, 1.54) is 102 Å². The molecular weight excluding hydrogens is 751 g/mol.